The van der Waals surface area contributed by atoms with Crippen LogP contribution >= 0.6 is 0 Å². The number of hydrogen-bond acceptors (Lipinski definition) is 8. The van der Waals surface area contributed by atoms with Gasteiger partial charge < -0.3 is 34.8 Å². The van der Waals surface area contributed by atoms with E-state index >= 15 is 0 Å². The van der Waals surface area contributed by atoms with E-state index < -0.39 is 49.1 Å². The number of aliphatic hydroxyl groups excluding tert-OH is 3. The predicted octanol–water partition coefficient (Wildman–Crippen LogP) is -0.153. The highest BCUT2D eigenvalue weighted by Crippen LogP contribution is 2.23. The maximum atomic E-state index is 12.2. The van der Waals surface area contributed by atoms with Crippen LogP contribution in [0.1, 0.15) is 53.4 Å². The van der Waals surface area contributed by atoms with Gasteiger partial charge in [-0.2, -0.15) is 0 Å². The van der Waals surface area contributed by atoms with Crippen molar-refractivity contribution in [3.05, 3.63) is 0 Å². The number of esters is 1. The molecule has 9 heteroatoms. The molecule has 0 bridgehead atoms. The lowest BCUT2D eigenvalue weighted by Gasteiger charge is -2.42. The first kappa shape index (κ1) is 23.8. The highest BCUT2D eigenvalue weighted by molar-refractivity contribution is 5.81. The molecule has 9 nitrogen and oxygen atoms in total. The minimum atomic E-state index is -1.39. The number of amides is 1. The maximum absolute atomic E-state index is 12.2. The van der Waals surface area contributed by atoms with E-state index in [-0.39, 0.29) is 25.0 Å². The molecule has 1 fully saturated rings. The molecule has 0 spiro atoms. The highest BCUT2D eigenvalue weighted by atomic mass is 16.7. The minimum Gasteiger partial charge on any atom is -0.462 e. The lowest BCUT2D eigenvalue weighted by atomic mass is 9.96. The second-order valence-electron chi connectivity index (χ2n) is 6.91. The number of rotatable bonds is 10. The van der Waals surface area contributed by atoms with Gasteiger partial charge in [-0.15, -0.1) is 0 Å². The van der Waals surface area contributed by atoms with Crippen LogP contribution < -0.4 is 5.32 Å². The second kappa shape index (κ2) is 11.6. The van der Waals surface area contributed by atoms with Gasteiger partial charge in [-0.05, 0) is 26.7 Å². The predicted molar refractivity (Wildman–Crippen MR) is 95.6 cm³/mol. The van der Waals surface area contributed by atoms with Crippen LogP contribution in [0.3, 0.4) is 0 Å². The average molecular weight is 391 g/mol. The van der Waals surface area contributed by atoms with E-state index in [4.69, 9.17) is 14.2 Å². The molecule has 4 N–H and O–H groups in total. The number of aliphatic hydroxyl groups is 3. The zero-order chi connectivity index (χ0) is 20.6. The molecular formula is C18H33NO8. The Morgan fingerprint density at radius 1 is 1.11 bits per heavy atom. The van der Waals surface area contributed by atoms with Crippen LogP contribution in [0, 0.1) is 0 Å². The molecule has 158 valence electrons. The molecule has 0 aromatic rings. The fraction of sp³-hybridized carbons (Fsp3) is 0.889. The van der Waals surface area contributed by atoms with Crippen LogP contribution in [0.25, 0.3) is 0 Å². The maximum Gasteiger partial charge on any atom is 0.306 e. The van der Waals surface area contributed by atoms with E-state index in [0.717, 1.165) is 0 Å². The smallest absolute Gasteiger partial charge is 0.306 e. The Balaban J connectivity index is 2.63. The van der Waals surface area contributed by atoms with Gasteiger partial charge >= 0.3 is 5.97 Å². The van der Waals surface area contributed by atoms with Crippen LogP contribution in [-0.2, 0) is 23.8 Å². The third kappa shape index (κ3) is 7.34. The summed E-state index contributed by atoms with van der Waals surface area (Å²) in [6, 6.07) is -1.03. The van der Waals surface area contributed by atoms with Gasteiger partial charge in [0.15, 0.2) is 6.29 Å². The summed E-state index contributed by atoms with van der Waals surface area (Å²) >= 11 is 0. The Morgan fingerprint density at radius 2 is 1.74 bits per heavy atom. The summed E-state index contributed by atoms with van der Waals surface area (Å²) in [6.45, 7) is 6.83. The third-order valence-corrected chi connectivity index (χ3v) is 4.38. The van der Waals surface area contributed by atoms with E-state index in [1.807, 2.05) is 13.8 Å². The van der Waals surface area contributed by atoms with Gasteiger partial charge in [0.1, 0.15) is 30.5 Å². The lowest BCUT2D eigenvalue weighted by Crippen LogP contribution is -2.65. The average Bonchev–Trinajstić information content (AvgIpc) is 2.63. The number of carbonyl (C=O) groups is 2. The first-order valence-corrected chi connectivity index (χ1v) is 9.50. The summed E-state index contributed by atoms with van der Waals surface area (Å²) in [5, 5.41) is 32.1. The molecule has 0 aromatic carbocycles. The van der Waals surface area contributed by atoms with Crippen LogP contribution in [0.15, 0.2) is 0 Å². The zero-order valence-electron chi connectivity index (χ0n) is 16.5. The SMILES string of the molecule is CCC(CC)OC(=O)CCC(=O)N[C@H]1C(OC(C)C)O[C@H](CO)[C@@H](O)[C@@H]1O. The van der Waals surface area contributed by atoms with Crippen LogP contribution in [-0.4, -0.2) is 76.7 Å². The number of ether oxygens (including phenoxy) is 3. The molecule has 27 heavy (non-hydrogen) atoms. The van der Waals surface area contributed by atoms with E-state index in [2.05, 4.69) is 5.32 Å². The largest absolute Gasteiger partial charge is 0.462 e. The fourth-order valence-corrected chi connectivity index (χ4v) is 2.79. The molecule has 5 atom stereocenters. The highest BCUT2D eigenvalue weighted by Gasteiger charge is 2.45. The fourth-order valence-electron chi connectivity index (χ4n) is 2.79. The molecule has 1 rings (SSSR count). The summed E-state index contributed by atoms with van der Waals surface area (Å²) in [7, 11) is 0. The first-order valence-electron chi connectivity index (χ1n) is 9.50. The number of hydrogen-bond donors (Lipinski definition) is 4. The standard InChI is InChI=1S/C18H33NO8/c1-5-11(6-2)26-14(22)8-7-13(21)19-15-17(24)16(23)12(9-20)27-18(15)25-10(3)4/h10-12,15-18,20,23-24H,5-9H2,1-4H3,(H,19,21)/t12-,15-,16-,17-,18?/m1/s1. The Labute approximate surface area is 160 Å². The van der Waals surface area contributed by atoms with E-state index in [1.165, 1.54) is 0 Å². The number of nitrogens with one attached hydrogen (secondary N) is 1. The van der Waals surface area contributed by atoms with E-state index in [9.17, 15) is 24.9 Å². The van der Waals surface area contributed by atoms with Gasteiger partial charge in [0, 0.05) is 6.42 Å². The van der Waals surface area contributed by atoms with Gasteiger partial charge in [0.2, 0.25) is 5.91 Å². The third-order valence-electron chi connectivity index (χ3n) is 4.38. The van der Waals surface area contributed by atoms with E-state index in [1.54, 1.807) is 13.8 Å². The molecule has 1 amide bonds. The van der Waals surface area contributed by atoms with Crippen molar-refractivity contribution in [2.45, 2.75) is 96.2 Å². The van der Waals surface area contributed by atoms with Gasteiger partial charge in [0.25, 0.3) is 0 Å². The summed E-state index contributed by atoms with van der Waals surface area (Å²) < 4.78 is 16.3. The van der Waals surface area contributed by atoms with Crippen LogP contribution in [0.4, 0.5) is 0 Å². The van der Waals surface area contributed by atoms with Gasteiger partial charge in [-0.3, -0.25) is 9.59 Å². The van der Waals surface area contributed by atoms with Crippen LogP contribution in [0.5, 0.6) is 0 Å². The Kier molecular flexibility index (Phi) is 10.2. The topological polar surface area (TPSA) is 135 Å². The van der Waals surface area contributed by atoms with Crippen molar-refractivity contribution in [2.24, 2.45) is 0 Å². The monoisotopic (exact) mass is 391 g/mol. The summed E-state index contributed by atoms with van der Waals surface area (Å²) in [5.41, 5.74) is 0. The molecule has 0 saturated carbocycles. The van der Waals surface area contributed by atoms with Crippen molar-refractivity contribution >= 4 is 11.9 Å². The van der Waals surface area contributed by atoms with E-state index in [0.29, 0.717) is 12.8 Å². The molecule has 1 aliphatic heterocycles. The van der Waals surface area contributed by atoms with Gasteiger partial charge in [-0.25, -0.2) is 0 Å². The Morgan fingerprint density at radius 3 is 2.26 bits per heavy atom. The van der Waals surface area contributed by atoms with Crippen molar-refractivity contribution in [1.29, 1.82) is 0 Å². The zero-order valence-corrected chi connectivity index (χ0v) is 16.5. The molecule has 1 heterocycles. The van der Waals surface area contributed by atoms with Crippen molar-refractivity contribution in [3.63, 3.8) is 0 Å². The molecule has 1 unspecified atom stereocenters. The molecular weight excluding hydrogens is 358 g/mol. The first-order chi connectivity index (χ1) is 12.7. The number of carbonyl (C=O) groups excluding carboxylic acids is 2. The molecule has 0 radical (unpaired) electrons. The lowest BCUT2D eigenvalue weighted by molar-refractivity contribution is -0.278. The van der Waals surface area contributed by atoms with Crippen molar-refractivity contribution in [3.8, 4) is 0 Å². The Hall–Kier alpha value is -1.26. The van der Waals surface area contributed by atoms with Crippen molar-refractivity contribution < 1.29 is 39.1 Å². The summed E-state index contributed by atoms with van der Waals surface area (Å²) in [6.07, 6.45) is -4.08. The van der Waals surface area contributed by atoms with Gasteiger partial charge in [-0.1, -0.05) is 13.8 Å². The summed E-state index contributed by atoms with van der Waals surface area (Å²) in [5.74, 6) is -0.967. The van der Waals surface area contributed by atoms with Crippen molar-refractivity contribution in [1.82, 2.24) is 5.32 Å². The quantitative estimate of drug-likeness (QED) is 0.378. The van der Waals surface area contributed by atoms with Gasteiger partial charge in [0.05, 0.1) is 19.1 Å². The molecule has 0 aliphatic carbocycles. The molecule has 1 aliphatic rings. The summed E-state index contributed by atoms with van der Waals surface area (Å²) in [4.78, 5) is 24.0. The Bertz CT molecular complexity index is 468. The molecule has 1 saturated heterocycles. The molecule has 0 aromatic heterocycles. The normalized spacial score (nSPS) is 28.4. The minimum absolute atomic E-state index is 0.0937. The van der Waals surface area contributed by atoms with Crippen molar-refractivity contribution in [2.75, 3.05) is 6.61 Å². The second-order valence-corrected chi connectivity index (χ2v) is 6.91. The van der Waals surface area contributed by atoms with Crippen LogP contribution in [0.2, 0.25) is 0 Å².